The number of carbonyl (C=O) groups excluding carboxylic acids is 2. The number of oxime groups is 1. The van der Waals surface area contributed by atoms with Crippen molar-refractivity contribution in [2.45, 2.75) is 28.8 Å². The van der Waals surface area contributed by atoms with E-state index in [2.05, 4.69) is 30.0 Å². The van der Waals surface area contributed by atoms with Crippen LogP contribution in [0.4, 0.5) is 5.13 Å². The Labute approximate surface area is 263 Å². The molecule has 2 amide bonds. The Morgan fingerprint density at radius 2 is 1.84 bits per heavy atom. The Morgan fingerprint density at radius 1 is 1.16 bits per heavy atom. The van der Waals surface area contributed by atoms with Crippen molar-refractivity contribution in [1.29, 1.82) is 0 Å². The Balaban J connectivity index is 1.42. The number of thioether (sulfide) groups is 1. The molecule has 1 unspecified atom stereocenters. The highest BCUT2D eigenvalue weighted by Gasteiger charge is 2.57. The molecule has 0 aliphatic carbocycles. The third kappa shape index (κ3) is 5.54. The highest BCUT2D eigenvalue weighted by Crippen LogP contribution is 2.52. The Kier molecular flexibility index (Phi) is 8.36. The van der Waals surface area contributed by atoms with Crippen LogP contribution in [-0.4, -0.2) is 72.3 Å². The van der Waals surface area contributed by atoms with Crippen LogP contribution in [0.3, 0.4) is 0 Å². The first kappa shape index (κ1) is 29.4. The molecule has 0 bridgehead atoms. The van der Waals surface area contributed by atoms with Crippen molar-refractivity contribution in [2.75, 3.05) is 12.8 Å². The van der Waals surface area contributed by atoms with Crippen LogP contribution in [0.25, 0.3) is 0 Å². The number of carbonyl (C=O) groups is 3. The smallest absolute Gasteiger partial charge is 0.353 e. The monoisotopic (exact) mass is 648 g/mol. The molecule has 13 nitrogen and oxygen atoms in total. The number of β-lactam (4-membered cyclic amide) rings is 1. The van der Waals surface area contributed by atoms with Gasteiger partial charge in [0.15, 0.2) is 9.47 Å². The van der Waals surface area contributed by atoms with Gasteiger partial charge in [-0.15, -0.1) is 10.2 Å². The Bertz CT molecular complexity index is 1710. The second kappa shape index (κ2) is 12.5. The maximum atomic E-state index is 13.6. The lowest BCUT2D eigenvalue weighted by Crippen LogP contribution is -2.73. The van der Waals surface area contributed by atoms with Gasteiger partial charge in [0, 0.05) is 28.3 Å². The first-order valence-corrected chi connectivity index (χ1v) is 15.7. The van der Waals surface area contributed by atoms with Crippen LogP contribution in [0.5, 0.6) is 0 Å². The standard InChI is InChI=1S/C28H24N8O5S3/c1-41-34-20(23-32-27(29)44-35-23)24(37)31-19-17-12-16(18(14-8-4-2-5-9-14)15-10-6-3-7-11-15)22(43-28-33-30-13-42-28)21(26(39)40)36(17)25(19)38/h2-11,13,16-19H,12H2,1H3,(H,31,37)(H,39,40)(H2,29,32,35)/t16?,17-,19+/m1/s1. The van der Waals surface area contributed by atoms with Crippen LogP contribution in [0.2, 0.25) is 0 Å². The van der Waals surface area contributed by atoms with E-state index in [1.165, 1.54) is 35.1 Å². The largest absolute Gasteiger partial charge is 0.477 e. The third-order valence-electron chi connectivity index (χ3n) is 7.32. The minimum absolute atomic E-state index is 0.0490. The molecule has 2 aliphatic heterocycles. The molecule has 2 aromatic heterocycles. The average Bonchev–Trinajstić information content (AvgIpc) is 3.71. The Morgan fingerprint density at radius 3 is 2.39 bits per heavy atom. The van der Waals surface area contributed by atoms with Crippen LogP contribution in [0, 0.1) is 5.92 Å². The van der Waals surface area contributed by atoms with Crippen molar-refractivity contribution < 1.29 is 24.3 Å². The summed E-state index contributed by atoms with van der Waals surface area (Å²) in [6, 6.07) is 17.9. The van der Waals surface area contributed by atoms with Gasteiger partial charge < -0.3 is 21.0 Å². The zero-order valence-corrected chi connectivity index (χ0v) is 25.4. The molecular formula is C28H24N8O5S3. The van der Waals surface area contributed by atoms with E-state index in [0.717, 1.165) is 22.7 Å². The van der Waals surface area contributed by atoms with Crippen molar-refractivity contribution in [3.63, 3.8) is 0 Å². The number of fused-ring (bicyclic) bond motifs is 1. The van der Waals surface area contributed by atoms with Crippen LogP contribution in [0.15, 0.2) is 86.3 Å². The number of nitrogens with one attached hydrogen (secondary N) is 1. The summed E-state index contributed by atoms with van der Waals surface area (Å²) in [6.45, 7) is 0. The van der Waals surface area contributed by atoms with Crippen LogP contribution < -0.4 is 11.1 Å². The number of benzene rings is 2. The number of aromatic nitrogens is 4. The van der Waals surface area contributed by atoms with Crippen molar-refractivity contribution in [2.24, 2.45) is 11.1 Å². The number of carboxylic acids is 1. The molecule has 0 saturated carbocycles. The zero-order chi connectivity index (χ0) is 30.8. The van der Waals surface area contributed by atoms with Crippen LogP contribution in [-0.2, 0) is 19.2 Å². The molecule has 2 aliphatic rings. The fourth-order valence-electron chi connectivity index (χ4n) is 5.60. The van der Waals surface area contributed by atoms with E-state index in [-0.39, 0.29) is 28.3 Å². The molecule has 16 heteroatoms. The quantitative estimate of drug-likeness (QED) is 0.130. The number of amides is 2. The highest BCUT2D eigenvalue weighted by molar-refractivity contribution is 8.04. The lowest BCUT2D eigenvalue weighted by atomic mass is 9.72. The normalized spacial score (nSPS) is 19.9. The van der Waals surface area contributed by atoms with Gasteiger partial charge in [-0.25, -0.2) is 4.79 Å². The number of hydrogen-bond donors (Lipinski definition) is 3. The molecule has 3 atom stereocenters. The van der Waals surface area contributed by atoms with Gasteiger partial charge >= 0.3 is 5.97 Å². The summed E-state index contributed by atoms with van der Waals surface area (Å²) >= 11 is 3.36. The molecule has 44 heavy (non-hydrogen) atoms. The maximum absolute atomic E-state index is 13.6. The Hall–Kier alpha value is -4.67. The number of aliphatic carboxylic acids is 1. The maximum Gasteiger partial charge on any atom is 0.353 e. The fraction of sp³-hybridized carbons (Fsp3) is 0.214. The predicted octanol–water partition coefficient (Wildman–Crippen LogP) is 2.96. The molecule has 4 aromatic rings. The number of nitrogens with zero attached hydrogens (tertiary/aromatic N) is 6. The van der Waals surface area contributed by atoms with Gasteiger partial charge in [0.25, 0.3) is 11.8 Å². The number of carboxylic acid groups (broad SMARTS) is 1. The summed E-state index contributed by atoms with van der Waals surface area (Å²) in [5.41, 5.74) is 8.82. The lowest BCUT2D eigenvalue weighted by Gasteiger charge is -2.53. The SMILES string of the molecule is CON=C(C(=O)N[C@@H]1C(=O)N2C(C(=O)O)=C(Sc3nncs3)C(C(c3ccccc3)c3ccccc3)C[C@H]12)c1nsc(N)n1. The van der Waals surface area contributed by atoms with Crippen molar-refractivity contribution in [3.05, 3.63) is 93.7 Å². The molecule has 0 spiro atoms. The number of allylic oxidation sites excluding steroid dienone is 1. The molecule has 2 aromatic carbocycles. The van der Waals surface area contributed by atoms with E-state index in [4.69, 9.17) is 10.6 Å². The topological polar surface area (TPSA) is 186 Å². The number of anilines is 1. The van der Waals surface area contributed by atoms with Gasteiger partial charge in [0.05, 0.1) is 6.04 Å². The van der Waals surface area contributed by atoms with Gasteiger partial charge in [-0.1, -0.05) is 88.9 Å². The van der Waals surface area contributed by atoms with Gasteiger partial charge in [-0.2, -0.15) is 9.36 Å². The summed E-state index contributed by atoms with van der Waals surface area (Å²) in [4.78, 5) is 50.5. The van der Waals surface area contributed by atoms with Crippen molar-refractivity contribution in [3.8, 4) is 0 Å². The second-order valence-electron chi connectivity index (χ2n) is 9.77. The predicted molar refractivity (Wildman–Crippen MR) is 164 cm³/mol. The minimum Gasteiger partial charge on any atom is -0.477 e. The molecule has 0 radical (unpaired) electrons. The zero-order valence-electron chi connectivity index (χ0n) is 22.9. The van der Waals surface area contributed by atoms with E-state index < -0.39 is 35.8 Å². The number of hydrogen-bond acceptors (Lipinski definition) is 13. The van der Waals surface area contributed by atoms with E-state index in [0.29, 0.717) is 15.7 Å². The lowest BCUT2D eigenvalue weighted by molar-refractivity contribution is -0.156. The molecular weight excluding hydrogens is 625 g/mol. The number of rotatable bonds is 10. The van der Waals surface area contributed by atoms with E-state index in [9.17, 15) is 19.5 Å². The number of nitrogen functional groups attached to an aromatic ring is 1. The molecule has 1 saturated heterocycles. The van der Waals surface area contributed by atoms with Crippen LogP contribution >= 0.6 is 34.6 Å². The third-order valence-corrected chi connectivity index (χ3v) is 9.86. The average molecular weight is 649 g/mol. The van der Waals surface area contributed by atoms with Crippen molar-refractivity contribution in [1.82, 2.24) is 29.8 Å². The van der Waals surface area contributed by atoms with Crippen molar-refractivity contribution >= 4 is 63.3 Å². The summed E-state index contributed by atoms with van der Waals surface area (Å²) < 4.78 is 4.58. The van der Waals surface area contributed by atoms with Gasteiger partial charge in [0.1, 0.15) is 24.4 Å². The first-order valence-electron chi connectivity index (χ1n) is 13.2. The van der Waals surface area contributed by atoms with Gasteiger partial charge in [0.2, 0.25) is 11.5 Å². The molecule has 4 heterocycles. The van der Waals surface area contributed by atoms with Gasteiger partial charge in [-0.05, 0) is 17.5 Å². The first-order chi connectivity index (χ1) is 21.4. The second-order valence-corrected chi connectivity index (χ2v) is 12.7. The number of nitrogens with two attached hydrogens (primary N) is 1. The van der Waals surface area contributed by atoms with E-state index >= 15 is 0 Å². The molecule has 4 N–H and O–H groups in total. The summed E-state index contributed by atoms with van der Waals surface area (Å²) in [7, 11) is 1.26. The fourth-order valence-corrected chi connectivity index (χ4v) is 7.84. The molecule has 6 rings (SSSR count). The van der Waals surface area contributed by atoms with Crippen LogP contribution in [0.1, 0.15) is 29.3 Å². The van der Waals surface area contributed by atoms with Gasteiger partial charge in [-0.3, -0.25) is 14.5 Å². The summed E-state index contributed by atoms with van der Waals surface area (Å²) in [5.74, 6) is -3.30. The molecule has 224 valence electrons. The molecule has 1 fully saturated rings. The summed E-state index contributed by atoms with van der Waals surface area (Å²) in [6.07, 6.45) is 0.349. The summed E-state index contributed by atoms with van der Waals surface area (Å²) in [5, 5.41) is 25.2. The highest BCUT2D eigenvalue weighted by atomic mass is 32.2. The van der Waals surface area contributed by atoms with E-state index in [1.54, 1.807) is 5.51 Å². The van der Waals surface area contributed by atoms with E-state index in [1.807, 2.05) is 60.7 Å². The minimum atomic E-state index is -1.26.